The quantitative estimate of drug-likeness (QED) is 0.226. The molecule has 1 atom stereocenters. The zero-order valence-electron chi connectivity index (χ0n) is 20.0. The fraction of sp³-hybridized carbons (Fsp3) is 0.185. The van der Waals surface area contributed by atoms with Gasteiger partial charge in [0, 0.05) is 26.1 Å². The number of anilines is 1. The fourth-order valence-corrected chi connectivity index (χ4v) is 4.30. The molecule has 4 rings (SSSR count). The van der Waals surface area contributed by atoms with E-state index in [0.717, 1.165) is 15.4 Å². The summed E-state index contributed by atoms with van der Waals surface area (Å²) in [5.74, 6) is 0.0211. The number of nitrogens with one attached hydrogen (secondary N) is 1. The maximum atomic E-state index is 13.4. The predicted octanol–water partition coefficient (Wildman–Crippen LogP) is 6.47. The summed E-state index contributed by atoms with van der Waals surface area (Å²) in [5.41, 5.74) is 1.19. The van der Waals surface area contributed by atoms with Crippen LogP contribution in [0.5, 0.6) is 5.75 Å². The van der Waals surface area contributed by atoms with Gasteiger partial charge in [0.05, 0.1) is 17.1 Å². The van der Waals surface area contributed by atoms with Gasteiger partial charge in [0.2, 0.25) is 0 Å². The first-order valence-corrected chi connectivity index (χ1v) is 13.1. The van der Waals surface area contributed by atoms with Crippen LogP contribution in [-0.2, 0) is 4.79 Å². The number of fused-ring (bicyclic) bond motifs is 1. The summed E-state index contributed by atoms with van der Waals surface area (Å²) in [6.45, 7) is 3.71. The largest absolute Gasteiger partial charge is 0.483 e. The Kier molecular flexibility index (Phi) is 8.50. The van der Waals surface area contributed by atoms with Crippen LogP contribution in [0.15, 0.2) is 79.5 Å². The van der Waals surface area contributed by atoms with E-state index in [4.69, 9.17) is 9.72 Å². The molecular formula is C27H23Br2FN4O3. The molecule has 4 aromatic rings. The summed E-state index contributed by atoms with van der Waals surface area (Å²) in [7, 11) is 0. The lowest BCUT2D eigenvalue weighted by Crippen LogP contribution is -2.24. The molecule has 0 aliphatic rings. The number of benzene rings is 3. The van der Waals surface area contributed by atoms with E-state index in [1.54, 1.807) is 36.4 Å². The molecular weight excluding hydrogens is 607 g/mol. The number of carbonyl (C=O) groups excluding carboxylic acids is 1. The van der Waals surface area contributed by atoms with E-state index in [9.17, 15) is 14.0 Å². The Labute approximate surface area is 229 Å². The highest BCUT2D eigenvalue weighted by molar-refractivity contribution is 9.10. The van der Waals surface area contributed by atoms with Crippen LogP contribution in [0, 0.1) is 5.82 Å². The van der Waals surface area contributed by atoms with Crippen LogP contribution in [0.4, 0.5) is 10.1 Å². The molecule has 0 unspecified atom stereocenters. The molecule has 1 heterocycles. The van der Waals surface area contributed by atoms with Crippen LogP contribution >= 0.6 is 31.9 Å². The van der Waals surface area contributed by atoms with E-state index in [0.29, 0.717) is 33.7 Å². The van der Waals surface area contributed by atoms with Gasteiger partial charge in [-0.3, -0.25) is 9.59 Å². The molecule has 1 aromatic heterocycles. The number of hydrogen-bond donors (Lipinski definition) is 1. The minimum Gasteiger partial charge on any atom is -0.483 e. The highest BCUT2D eigenvalue weighted by Crippen LogP contribution is 2.24. The van der Waals surface area contributed by atoms with Crippen molar-refractivity contribution in [1.29, 1.82) is 0 Å². The molecule has 3 aromatic carbocycles. The van der Waals surface area contributed by atoms with Gasteiger partial charge >= 0.3 is 0 Å². The number of carbonyl (C=O) groups is 1. The predicted molar refractivity (Wildman–Crippen MR) is 150 cm³/mol. The Morgan fingerprint density at radius 3 is 2.68 bits per heavy atom. The summed E-state index contributed by atoms with van der Waals surface area (Å²) in [5, 5.41) is 7.52. The molecule has 0 radical (unpaired) electrons. The molecule has 1 amide bonds. The van der Waals surface area contributed by atoms with Crippen molar-refractivity contribution in [3.8, 4) is 5.75 Å². The average Bonchev–Trinajstić information content (AvgIpc) is 2.87. The Hall–Kier alpha value is -3.37. The zero-order chi connectivity index (χ0) is 26.5. The van der Waals surface area contributed by atoms with Gasteiger partial charge in [0.1, 0.15) is 17.4 Å². The molecule has 0 bridgehead atoms. The first kappa shape index (κ1) is 26.7. The zero-order valence-corrected chi connectivity index (χ0v) is 23.2. The Morgan fingerprint density at radius 1 is 1.16 bits per heavy atom. The minimum absolute atomic E-state index is 0.0114. The number of rotatable bonds is 8. The second-order valence-corrected chi connectivity index (χ2v) is 10.2. The van der Waals surface area contributed by atoms with E-state index in [-0.39, 0.29) is 18.1 Å². The lowest BCUT2D eigenvalue weighted by Gasteiger charge is -2.14. The number of ether oxygens (including phenoxy) is 1. The normalized spacial score (nSPS) is 12.1. The van der Waals surface area contributed by atoms with Gasteiger partial charge in [-0.15, -0.1) is 0 Å². The molecule has 10 heteroatoms. The van der Waals surface area contributed by atoms with E-state index < -0.39 is 11.7 Å². The minimum atomic E-state index is -0.451. The molecule has 1 N–H and O–H groups in total. The first-order valence-electron chi connectivity index (χ1n) is 11.5. The van der Waals surface area contributed by atoms with Gasteiger partial charge in [-0.05, 0) is 61.0 Å². The second-order valence-electron chi connectivity index (χ2n) is 8.33. The Bertz CT molecular complexity index is 1550. The lowest BCUT2D eigenvalue weighted by atomic mass is 10.1. The maximum absolute atomic E-state index is 13.4. The summed E-state index contributed by atoms with van der Waals surface area (Å²) in [6.07, 6.45) is 2.28. The molecule has 37 heavy (non-hydrogen) atoms. The van der Waals surface area contributed by atoms with Gasteiger partial charge in [-0.1, -0.05) is 51.8 Å². The van der Waals surface area contributed by atoms with Crippen molar-refractivity contribution in [1.82, 2.24) is 9.66 Å². The Balaban J connectivity index is 1.64. The third-order valence-electron chi connectivity index (χ3n) is 5.64. The van der Waals surface area contributed by atoms with E-state index in [1.807, 2.05) is 19.9 Å². The summed E-state index contributed by atoms with van der Waals surface area (Å²) in [4.78, 5) is 30.4. The Morgan fingerprint density at radius 2 is 1.92 bits per heavy atom. The number of nitrogens with zero attached hydrogens (tertiary/aromatic N) is 3. The third kappa shape index (κ3) is 6.50. The second kappa shape index (κ2) is 11.8. The van der Waals surface area contributed by atoms with Gasteiger partial charge in [-0.25, -0.2) is 9.37 Å². The summed E-state index contributed by atoms with van der Waals surface area (Å²) in [6, 6.07) is 16.2. The molecule has 0 saturated carbocycles. The molecule has 0 aliphatic carbocycles. The lowest BCUT2D eigenvalue weighted by molar-refractivity contribution is -0.118. The van der Waals surface area contributed by atoms with Gasteiger partial charge in [0.25, 0.3) is 11.5 Å². The van der Waals surface area contributed by atoms with Crippen LogP contribution in [0.1, 0.15) is 37.6 Å². The van der Waals surface area contributed by atoms with E-state index >= 15 is 0 Å². The van der Waals surface area contributed by atoms with Crippen molar-refractivity contribution in [2.75, 3.05) is 11.9 Å². The summed E-state index contributed by atoms with van der Waals surface area (Å²) < 4.78 is 22.0. The first-order chi connectivity index (χ1) is 17.7. The summed E-state index contributed by atoms with van der Waals surface area (Å²) >= 11 is 6.85. The average molecular weight is 630 g/mol. The van der Waals surface area contributed by atoms with Crippen molar-refractivity contribution < 1.29 is 13.9 Å². The molecule has 7 nitrogen and oxygen atoms in total. The van der Waals surface area contributed by atoms with Crippen LogP contribution in [0.3, 0.4) is 0 Å². The van der Waals surface area contributed by atoms with Crippen LogP contribution < -0.4 is 15.6 Å². The highest BCUT2D eigenvalue weighted by Gasteiger charge is 2.16. The number of hydrogen-bond acceptors (Lipinski definition) is 5. The number of halogens is 3. The molecule has 190 valence electrons. The van der Waals surface area contributed by atoms with E-state index in [1.165, 1.54) is 29.1 Å². The SMILES string of the molecule is CC[C@H](C)c1nc2ccc(Br)cc2c(=O)n1N=Cc1cc(Br)ccc1OCC(=O)Nc1cccc(F)c1. The maximum Gasteiger partial charge on any atom is 0.282 e. The number of amides is 1. The monoisotopic (exact) mass is 628 g/mol. The van der Waals surface area contributed by atoms with Crippen LogP contribution in [0.2, 0.25) is 0 Å². The smallest absolute Gasteiger partial charge is 0.282 e. The van der Waals surface area contributed by atoms with Gasteiger partial charge in [-0.2, -0.15) is 9.78 Å². The fourth-order valence-electron chi connectivity index (χ4n) is 3.56. The van der Waals surface area contributed by atoms with Gasteiger partial charge in [0.15, 0.2) is 6.61 Å². The van der Waals surface area contributed by atoms with E-state index in [2.05, 4.69) is 42.3 Å². The molecule has 0 spiro atoms. The van der Waals surface area contributed by atoms with Crippen LogP contribution in [-0.4, -0.2) is 28.4 Å². The number of aromatic nitrogens is 2. The van der Waals surface area contributed by atoms with Crippen molar-refractivity contribution >= 4 is 60.6 Å². The topological polar surface area (TPSA) is 85.6 Å². The van der Waals surface area contributed by atoms with Gasteiger partial charge < -0.3 is 10.1 Å². The van der Waals surface area contributed by atoms with Crippen molar-refractivity contribution in [2.24, 2.45) is 5.10 Å². The van der Waals surface area contributed by atoms with Crippen molar-refractivity contribution in [3.05, 3.63) is 97.2 Å². The third-order valence-corrected chi connectivity index (χ3v) is 6.62. The standard InChI is InChI=1S/C27H23Br2FN4O3/c1-3-16(2)26-33-23-9-7-19(29)12-22(23)27(36)34(26)31-14-17-11-18(28)8-10-24(17)37-15-25(35)32-21-6-4-5-20(30)13-21/h4-14,16H,3,15H2,1-2H3,(H,32,35)/t16-/m0/s1. The van der Waals surface area contributed by atoms with Crippen LogP contribution in [0.25, 0.3) is 10.9 Å². The molecule has 0 saturated heterocycles. The molecule has 0 fully saturated rings. The van der Waals surface area contributed by atoms with Crippen molar-refractivity contribution in [3.63, 3.8) is 0 Å². The molecule has 0 aliphatic heterocycles. The highest BCUT2D eigenvalue weighted by atomic mass is 79.9. The van der Waals surface area contributed by atoms with Crippen molar-refractivity contribution in [2.45, 2.75) is 26.2 Å².